The van der Waals surface area contributed by atoms with Crippen molar-refractivity contribution in [3.63, 3.8) is 0 Å². The summed E-state index contributed by atoms with van der Waals surface area (Å²) in [6.45, 7) is 8.50. The fraction of sp³-hybridized carbons (Fsp3) is 0.364. The summed E-state index contributed by atoms with van der Waals surface area (Å²) < 4.78 is 10.8. The first-order valence-corrected chi connectivity index (χ1v) is 8.67. The zero-order valence-electron chi connectivity index (χ0n) is 15.8. The van der Waals surface area contributed by atoms with E-state index in [-0.39, 0.29) is 5.41 Å². The highest BCUT2D eigenvalue weighted by Gasteiger charge is 2.16. The molecule has 2 aromatic rings. The summed E-state index contributed by atoms with van der Waals surface area (Å²) in [7, 11) is 3.35. The molecule has 0 saturated carbocycles. The molecule has 3 heteroatoms. The molecule has 3 rings (SSSR count). The van der Waals surface area contributed by atoms with E-state index in [1.54, 1.807) is 14.2 Å². The Labute approximate surface area is 150 Å². The minimum atomic E-state index is 0.193. The van der Waals surface area contributed by atoms with E-state index in [0.29, 0.717) is 0 Å². The summed E-state index contributed by atoms with van der Waals surface area (Å²) in [6, 6.07) is 13.1. The van der Waals surface area contributed by atoms with Crippen molar-refractivity contribution in [2.45, 2.75) is 39.3 Å². The Morgan fingerprint density at radius 3 is 2.20 bits per heavy atom. The number of methoxy groups -OCH3 is 2. The molecule has 1 heterocycles. The van der Waals surface area contributed by atoms with Crippen molar-refractivity contribution in [3.8, 4) is 11.5 Å². The number of nitrogens with zero attached hydrogens (tertiary/aromatic N) is 1. The van der Waals surface area contributed by atoms with Crippen LogP contribution >= 0.6 is 0 Å². The molecule has 1 aliphatic heterocycles. The van der Waals surface area contributed by atoms with E-state index in [9.17, 15) is 0 Å². The quantitative estimate of drug-likeness (QED) is 0.785. The van der Waals surface area contributed by atoms with Crippen LogP contribution in [0.3, 0.4) is 0 Å². The van der Waals surface area contributed by atoms with Gasteiger partial charge in [0.15, 0.2) is 11.5 Å². The van der Waals surface area contributed by atoms with Gasteiger partial charge in [-0.15, -0.1) is 0 Å². The third-order valence-corrected chi connectivity index (χ3v) is 4.69. The first-order valence-electron chi connectivity index (χ1n) is 8.67. The second kappa shape index (κ2) is 6.83. The molecule has 0 amide bonds. The molecule has 132 valence electrons. The van der Waals surface area contributed by atoms with Gasteiger partial charge >= 0.3 is 0 Å². The van der Waals surface area contributed by atoms with Gasteiger partial charge in [0.25, 0.3) is 0 Å². The van der Waals surface area contributed by atoms with Gasteiger partial charge < -0.3 is 14.4 Å². The number of fused-ring (bicyclic) bond motifs is 1. The summed E-state index contributed by atoms with van der Waals surface area (Å²) in [4.78, 5) is 2.32. The van der Waals surface area contributed by atoms with Crippen LogP contribution in [0.2, 0.25) is 0 Å². The Kier molecular flexibility index (Phi) is 4.76. The van der Waals surface area contributed by atoms with Gasteiger partial charge in [0.2, 0.25) is 0 Å². The van der Waals surface area contributed by atoms with Crippen molar-refractivity contribution in [1.82, 2.24) is 4.90 Å². The monoisotopic (exact) mass is 337 g/mol. The van der Waals surface area contributed by atoms with Gasteiger partial charge in [-0.1, -0.05) is 45.0 Å². The number of rotatable bonds is 4. The van der Waals surface area contributed by atoms with E-state index in [1.165, 1.54) is 22.3 Å². The van der Waals surface area contributed by atoms with Crippen molar-refractivity contribution >= 4 is 6.08 Å². The number of hydrogen-bond acceptors (Lipinski definition) is 3. The maximum Gasteiger partial charge on any atom is 0.161 e. The molecule has 25 heavy (non-hydrogen) atoms. The van der Waals surface area contributed by atoms with E-state index in [4.69, 9.17) is 9.47 Å². The van der Waals surface area contributed by atoms with Crippen LogP contribution in [0.15, 0.2) is 42.6 Å². The zero-order valence-corrected chi connectivity index (χ0v) is 15.8. The SMILES string of the molecule is COc1cc2c(cc1OC)CN(Cc1ccc(C(C)(C)C)cc1)C=C2. The van der Waals surface area contributed by atoms with Crippen LogP contribution in [0, 0.1) is 0 Å². The standard InChI is InChI=1S/C22H27NO2/c1-22(2,3)19-8-6-16(7-9-19)14-23-11-10-17-12-20(24-4)21(25-5)13-18(17)15-23/h6-13H,14-15H2,1-5H3. The fourth-order valence-corrected chi connectivity index (χ4v) is 3.14. The molecule has 0 atom stereocenters. The summed E-state index contributed by atoms with van der Waals surface area (Å²) in [5.74, 6) is 1.56. The number of ether oxygens (including phenoxy) is 2. The van der Waals surface area contributed by atoms with Crippen LogP contribution in [-0.2, 0) is 18.5 Å². The van der Waals surface area contributed by atoms with Crippen LogP contribution in [0.5, 0.6) is 11.5 Å². The second-order valence-electron chi connectivity index (χ2n) is 7.57. The minimum Gasteiger partial charge on any atom is -0.493 e. The Bertz CT molecular complexity index is 770. The maximum absolute atomic E-state index is 5.43. The molecule has 2 aromatic carbocycles. The predicted octanol–water partition coefficient (Wildman–Crippen LogP) is 4.99. The van der Waals surface area contributed by atoms with Crippen molar-refractivity contribution < 1.29 is 9.47 Å². The third-order valence-electron chi connectivity index (χ3n) is 4.69. The first-order chi connectivity index (χ1) is 11.9. The lowest BCUT2D eigenvalue weighted by Gasteiger charge is -2.27. The molecular weight excluding hydrogens is 310 g/mol. The van der Waals surface area contributed by atoms with E-state index >= 15 is 0 Å². The molecule has 0 N–H and O–H groups in total. The molecule has 0 radical (unpaired) electrons. The third kappa shape index (κ3) is 3.81. The highest BCUT2D eigenvalue weighted by Crippen LogP contribution is 2.34. The Balaban J connectivity index is 1.75. The summed E-state index contributed by atoms with van der Waals surface area (Å²) in [5, 5.41) is 0. The van der Waals surface area contributed by atoms with Crippen molar-refractivity contribution in [2.75, 3.05) is 14.2 Å². The second-order valence-corrected chi connectivity index (χ2v) is 7.57. The van der Waals surface area contributed by atoms with E-state index in [2.05, 4.69) is 68.3 Å². The Morgan fingerprint density at radius 2 is 1.60 bits per heavy atom. The highest BCUT2D eigenvalue weighted by molar-refractivity contribution is 5.61. The molecule has 0 saturated heterocycles. The van der Waals surface area contributed by atoms with E-state index < -0.39 is 0 Å². The van der Waals surface area contributed by atoms with Crippen LogP contribution < -0.4 is 9.47 Å². The molecule has 0 bridgehead atoms. The summed E-state index contributed by atoms with van der Waals surface area (Å²) >= 11 is 0. The van der Waals surface area contributed by atoms with Crippen LogP contribution in [0.4, 0.5) is 0 Å². The average Bonchev–Trinajstić information content (AvgIpc) is 2.60. The lowest BCUT2D eigenvalue weighted by atomic mass is 9.87. The normalized spacial score (nSPS) is 13.6. The minimum absolute atomic E-state index is 0.193. The lowest BCUT2D eigenvalue weighted by molar-refractivity contribution is 0.344. The van der Waals surface area contributed by atoms with Gasteiger partial charge in [-0.3, -0.25) is 0 Å². The fourth-order valence-electron chi connectivity index (χ4n) is 3.14. The van der Waals surface area contributed by atoms with Crippen molar-refractivity contribution in [3.05, 3.63) is 64.9 Å². The molecule has 0 unspecified atom stereocenters. The zero-order chi connectivity index (χ0) is 18.0. The first kappa shape index (κ1) is 17.4. The maximum atomic E-state index is 5.43. The largest absolute Gasteiger partial charge is 0.493 e. The Morgan fingerprint density at radius 1 is 0.960 bits per heavy atom. The Hall–Kier alpha value is -2.42. The number of hydrogen-bond donors (Lipinski definition) is 0. The topological polar surface area (TPSA) is 21.7 Å². The van der Waals surface area contributed by atoms with Crippen molar-refractivity contribution in [2.24, 2.45) is 0 Å². The van der Waals surface area contributed by atoms with Gasteiger partial charge in [0.05, 0.1) is 14.2 Å². The number of benzene rings is 2. The van der Waals surface area contributed by atoms with Gasteiger partial charge in [0, 0.05) is 19.3 Å². The summed E-state index contributed by atoms with van der Waals surface area (Å²) in [6.07, 6.45) is 4.30. The molecule has 0 spiro atoms. The molecule has 0 fully saturated rings. The van der Waals surface area contributed by atoms with Crippen molar-refractivity contribution in [1.29, 1.82) is 0 Å². The van der Waals surface area contributed by atoms with Gasteiger partial charge in [0.1, 0.15) is 0 Å². The molecule has 0 aromatic heterocycles. The average molecular weight is 337 g/mol. The van der Waals surface area contributed by atoms with Crippen LogP contribution in [0.1, 0.15) is 43.0 Å². The van der Waals surface area contributed by atoms with E-state index in [1.807, 2.05) is 6.07 Å². The van der Waals surface area contributed by atoms with Gasteiger partial charge in [-0.2, -0.15) is 0 Å². The molecule has 3 nitrogen and oxygen atoms in total. The van der Waals surface area contributed by atoms with Crippen LogP contribution in [-0.4, -0.2) is 19.1 Å². The van der Waals surface area contributed by atoms with Crippen LogP contribution in [0.25, 0.3) is 6.08 Å². The molecular formula is C22H27NO2. The molecule has 0 aliphatic carbocycles. The predicted molar refractivity (Wildman–Crippen MR) is 103 cm³/mol. The smallest absolute Gasteiger partial charge is 0.161 e. The van der Waals surface area contributed by atoms with Gasteiger partial charge in [-0.05, 0) is 45.9 Å². The van der Waals surface area contributed by atoms with E-state index in [0.717, 1.165) is 24.6 Å². The lowest BCUT2D eigenvalue weighted by Crippen LogP contribution is -2.20. The molecule has 1 aliphatic rings. The van der Waals surface area contributed by atoms with Gasteiger partial charge in [-0.25, -0.2) is 0 Å². The summed E-state index contributed by atoms with van der Waals surface area (Å²) in [5.41, 5.74) is 5.33. The highest BCUT2D eigenvalue weighted by atomic mass is 16.5.